The second-order valence-electron chi connectivity index (χ2n) is 4.79. The number of ether oxygens (including phenoxy) is 1. The molecule has 2 amide bonds. The maximum absolute atomic E-state index is 12.0. The van der Waals surface area contributed by atoms with Crippen LogP contribution in [0.25, 0.3) is 0 Å². The lowest BCUT2D eigenvalue weighted by atomic mass is 10.1. The highest BCUT2D eigenvalue weighted by molar-refractivity contribution is 5.99. The summed E-state index contributed by atoms with van der Waals surface area (Å²) in [5.74, 6) is -0.342. The monoisotopic (exact) mass is 292 g/mol. The fourth-order valence-electron chi connectivity index (χ4n) is 1.85. The minimum Gasteiger partial charge on any atom is -0.383 e. The van der Waals surface area contributed by atoms with Crippen molar-refractivity contribution in [3.63, 3.8) is 0 Å². The predicted molar refractivity (Wildman–Crippen MR) is 82.5 cm³/mol. The van der Waals surface area contributed by atoms with E-state index in [2.05, 4.69) is 17.6 Å². The summed E-state index contributed by atoms with van der Waals surface area (Å²) in [4.78, 5) is 23.9. The van der Waals surface area contributed by atoms with Crippen LogP contribution in [0.15, 0.2) is 24.3 Å². The van der Waals surface area contributed by atoms with Crippen molar-refractivity contribution in [1.82, 2.24) is 10.6 Å². The molecule has 0 fully saturated rings. The highest BCUT2D eigenvalue weighted by atomic mass is 16.5. The first-order chi connectivity index (χ1) is 10.2. The minimum atomic E-state index is -0.201. The third kappa shape index (κ3) is 6.40. The van der Waals surface area contributed by atoms with Crippen molar-refractivity contribution in [1.29, 1.82) is 0 Å². The maximum Gasteiger partial charge on any atom is 0.251 e. The van der Waals surface area contributed by atoms with E-state index in [0.717, 1.165) is 19.3 Å². The van der Waals surface area contributed by atoms with E-state index in [1.807, 2.05) is 0 Å². The lowest BCUT2D eigenvalue weighted by molar-refractivity contribution is 0.0937. The van der Waals surface area contributed by atoms with Gasteiger partial charge in [0, 0.05) is 31.3 Å². The van der Waals surface area contributed by atoms with Crippen LogP contribution in [-0.4, -0.2) is 38.6 Å². The van der Waals surface area contributed by atoms with Crippen LogP contribution in [0.4, 0.5) is 0 Å². The molecule has 0 aromatic heterocycles. The summed E-state index contributed by atoms with van der Waals surface area (Å²) >= 11 is 0. The Balaban J connectivity index is 2.54. The largest absolute Gasteiger partial charge is 0.383 e. The van der Waals surface area contributed by atoms with Gasteiger partial charge in [-0.05, 0) is 24.6 Å². The number of carbonyl (C=O) groups excluding carboxylic acids is 2. The Hall–Kier alpha value is -1.88. The van der Waals surface area contributed by atoms with E-state index in [1.54, 1.807) is 31.4 Å². The fraction of sp³-hybridized carbons (Fsp3) is 0.500. The third-order valence-corrected chi connectivity index (χ3v) is 3.04. The highest BCUT2D eigenvalue weighted by Gasteiger charge is 2.09. The van der Waals surface area contributed by atoms with Gasteiger partial charge < -0.3 is 15.4 Å². The first kappa shape index (κ1) is 17.2. The average Bonchev–Trinajstić information content (AvgIpc) is 2.51. The Bertz CT molecular complexity index is 461. The molecule has 0 atom stereocenters. The Morgan fingerprint density at radius 2 is 1.67 bits per heavy atom. The molecule has 0 aliphatic heterocycles. The second-order valence-corrected chi connectivity index (χ2v) is 4.79. The Morgan fingerprint density at radius 3 is 2.24 bits per heavy atom. The number of nitrogens with one attached hydrogen (secondary N) is 2. The van der Waals surface area contributed by atoms with E-state index in [9.17, 15) is 9.59 Å². The van der Waals surface area contributed by atoms with E-state index in [1.165, 1.54) is 0 Å². The zero-order chi connectivity index (χ0) is 15.5. The van der Waals surface area contributed by atoms with Gasteiger partial charge in [0.2, 0.25) is 0 Å². The first-order valence-electron chi connectivity index (χ1n) is 7.34. The first-order valence-corrected chi connectivity index (χ1v) is 7.34. The van der Waals surface area contributed by atoms with Gasteiger partial charge in [0.1, 0.15) is 0 Å². The third-order valence-electron chi connectivity index (χ3n) is 3.04. The molecule has 0 unspecified atom stereocenters. The number of methoxy groups -OCH3 is 1. The van der Waals surface area contributed by atoms with E-state index < -0.39 is 0 Å². The van der Waals surface area contributed by atoms with Crippen molar-refractivity contribution in [2.45, 2.75) is 26.2 Å². The van der Waals surface area contributed by atoms with E-state index >= 15 is 0 Å². The molecule has 0 saturated carbocycles. The van der Waals surface area contributed by atoms with Crippen molar-refractivity contribution in [3.8, 4) is 0 Å². The highest BCUT2D eigenvalue weighted by Crippen LogP contribution is 2.05. The molecule has 0 radical (unpaired) electrons. The van der Waals surface area contributed by atoms with Crippen LogP contribution in [0.3, 0.4) is 0 Å². The van der Waals surface area contributed by atoms with Gasteiger partial charge in [-0.3, -0.25) is 9.59 Å². The summed E-state index contributed by atoms with van der Waals surface area (Å²) in [6.45, 7) is 3.69. The normalized spacial score (nSPS) is 10.2. The molecule has 0 heterocycles. The van der Waals surface area contributed by atoms with Crippen LogP contribution in [0, 0.1) is 0 Å². The molecule has 1 rings (SSSR count). The molecule has 1 aromatic carbocycles. The van der Waals surface area contributed by atoms with Crippen LogP contribution >= 0.6 is 0 Å². The van der Waals surface area contributed by atoms with Crippen LogP contribution in [0.1, 0.15) is 46.9 Å². The summed E-state index contributed by atoms with van der Waals surface area (Å²) < 4.78 is 4.88. The van der Waals surface area contributed by atoms with Gasteiger partial charge in [-0.15, -0.1) is 0 Å². The lowest BCUT2D eigenvalue weighted by Gasteiger charge is -2.07. The molecule has 0 bridgehead atoms. The molecule has 2 N–H and O–H groups in total. The van der Waals surface area contributed by atoms with E-state index in [4.69, 9.17) is 4.74 Å². The van der Waals surface area contributed by atoms with Gasteiger partial charge in [0.15, 0.2) is 0 Å². The molecule has 0 aliphatic rings. The number of rotatable bonds is 9. The van der Waals surface area contributed by atoms with Gasteiger partial charge in [0.25, 0.3) is 11.8 Å². The van der Waals surface area contributed by atoms with Gasteiger partial charge in [-0.25, -0.2) is 0 Å². The number of unbranched alkanes of at least 4 members (excludes halogenated alkanes) is 2. The average molecular weight is 292 g/mol. The number of carbonyl (C=O) groups is 2. The van der Waals surface area contributed by atoms with Crippen molar-refractivity contribution in [2.24, 2.45) is 0 Å². The zero-order valence-electron chi connectivity index (χ0n) is 12.8. The molecule has 0 aliphatic carbocycles. The van der Waals surface area contributed by atoms with Crippen LogP contribution in [0.2, 0.25) is 0 Å². The maximum atomic E-state index is 12.0. The van der Waals surface area contributed by atoms with Crippen molar-refractivity contribution < 1.29 is 14.3 Å². The van der Waals surface area contributed by atoms with Crippen LogP contribution in [-0.2, 0) is 4.74 Å². The van der Waals surface area contributed by atoms with Crippen molar-refractivity contribution in [3.05, 3.63) is 35.4 Å². The molecule has 0 saturated heterocycles. The molecular formula is C16H24N2O3. The molecule has 1 aromatic rings. The Labute approximate surface area is 126 Å². The fourth-order valence-corrected chi connectivity index (χ4v) is 1.85. The van der Waals surface area contributed by atoms with Crippen molar-refractivity contribution in [2.75, 3.05) is 26.8 Å². The van der Waals surface area contributed by atoms with Crippen molar-refractivity contribution >= 4 is 11.8 Å². The molecular weight excluding hydrogens is 268 g/mol. The molecule has 5 nitrogen and oxygen atoms in total. The summed E-state index contributed by atoms with van der Waals surface area (Å²) in [7, 11) is 1.58. The van der Waals surface area contributed by atoms with Gasteiger partial charge in [-0.1, -0.05) is 25.8 Å². The number of amides is 2. The van der Waals surface area contributed by atoms with Gasteiger partial charge in [-0.2, -0.15) is 0 Å². The second kappa shape index (κ2) is 9.94. The summed E-state index contributed by atoms with van der Waals surface area (Å²) in [6, 6.07) is 6.72. The minimum absolute atomic E-state index is 0.141. The van der Waals surface area contributed by atoms with Crippen LogP contribution < -0.4 is 10.6 Å². The topological polar surface area (TPSA) is 67.4 Å². The van der Waals surface area contributed by atoms with E-state index in [0.29, 0.717) is 30.8 Å². The summed E-state index contributed by atoms with van der Waals surface area (Å²) in [5, 5.41) is 5.59. The summed E-state index contributed by atoms with van der Waals surface area (Å²) in [6.07, 6.45) is 3.19. The molecule has 116 valence electrons. The lowest BCUT2D eigenvalue weighted by Crippen LogP contribution is -2.28. The van der Waals surface area contributed by atoms with Gasteiger partial charge in [0.05, 0.1) is 6.61 Å². The molecule has 21 heavy (non-hydrogen) atoms. The molecule has 0 spiro atoms. The quantitative estimate of drug-likeness (QED) is 0.684. The molecule has 5 heteroatoms. The Kier molecular flexibility index (Phi) is 8.12. The smallest absolute Gasteiger partial charge is 0.251 e. The number of hydrogen-bond acceptors (Lipinski definition) is 3. The Morgan fingerprint density at radius 1 is 1.05 bits per heavy atom. The van der Waals surface area contributed by atoms with Crippen LogP contribution in [0.5, 0.6) is 0 Å². The predicted octanol–water partition coefficient (Wildman–Crippen LogP) is 1.98. The standard InChI is InChI=1S/C16H24N2O3/c1-3-4-5-9-17-15(19)13-7-6-8-14(12-13)16(20)18-10-11-21-2/h6-8,12H,3-5,9-11H2,1-2H3,(H,17,19)(H,18,20). The van der Waals surface area contributed by atoms with E-state index in [-0.39, 0.29) is 11.8 Å². The SMILES string of the molecule is CCCCCNC(=O)c1cccc(C(=O)NCCOC)c1. The zero-order valence-corrected chi connectivity index (χ0v) is 12.8. The van der Waals surface area contributed by atoms with Gasteiger partial charge >= 0.3 is 0 Å². The number of hydrogen-bond donors (Lipinski definition) is 2. The summed E-state index contributed by atoms with van der Waals surface area (Å²) in [5.41, 5.74) is 0.984. The number of benzene rings is 1.